The standard InChI is InChI=1S/C20H24NS.Rh/c1-12(2)16-6-17(19-18(7-16)21-11-22-19)20-8-13-3-14(9-20)5-15(4-13)10-20;/h6-7,12-15H,3-5,8-10H2,1-2H3;/q-1;. The van der Waals surface area contributed by atoms with Gasteiger partial charge in [0.05, 0.1) is 0 Å². The number of aromatic nitrogens is 1. The number of hydrogen-bond acceptors (Lipinski definition) is 2. The van der Waals surface area contributed by atoms with Crippen LogP contribution in [0.25, 0.3) is 10.2 Å². The summed E-state index contributed by atoms with van der Waals surface area (Å²) in [5, 5.41) is 0. The molecule has 0 unspecified atom stereocenters. The molecule has 0 atom stereocenters. The van der Waals surface area contributed by atoms with E-state index >= 15 is 0 Å². The first-order valence-electron chi connectivity index (χ1n) is 8.94. The Bertz CT molecular complexity index is 697. The van der Waals surface area contributed by atoms with Crippen molar-refractivity contribution in [3.63, 3.8) is 0 Å². The van der Waals surface area contributed by atoms with Crippen molar-refractivity contribution in [1.82, 2.24) is 4.98 Å². The van der Waals surface area contributed by atoms with Gasteiger partial charge in [0.2, 0.25) is 0 Å². The van der Waals surface area contributed by atoms with Gasteiger partial charge >= 0.3 is 0 Å². The average Bonchev–Trinajstić information content (AvgIpc) is 2.92. The Hall–Kier alpha value is -0.267. The molecule has 0 spiro atoms. The summed E-state index contributed by atoms with van der Waals surface area (Å²) in [6.07, 6.45) is 8.86. The fourth-order valence-electron chi connectivity index (χ4n) is 6.11. The van der Waals surface area contributed by atoms with Crippen LogP contribution in [0.2, 0.25) is 0 Å². The average molecular weight is 413 g/mol. The first kappa shape index (κ1) is 16.2. The number of benzene rings is 1. The third kappa shape index (κ3) is 2.45. The summed E-state index contributed by atoms with van der Waals surface area (Å²) in [4.78, 5) is 4.54. The molecule has 1 radical (unpaired) electrons. The molecule has 0 saturated heterocycles. The van der Waals surface area contributed by atoms with E-state index in [-0.39, 0.29) is 19.5 Å². The van der Waals surface area contributed by atoms with Crippen molar-refractivity contribution in [3.05, 3.63) is 28.8 Å². The van der Waals surface area contributed by atoms with Crippen LogP contribution < -0.4 is 0 Å². The number of nitrogens with zero attached hydrogens (tertiary/aromatic N) is 1. The molecule has 2 aromatic rings. The molecule has 0 amide bonds. The predicted molar refractivity (Wildman–Crippen MR) is 92.4 cm³/mol. The third-order valence-corrected chi connectivity index (χ3v) is 7.50. The maximum atomic E-state index is 4.54. The molecule has 4 fully saturated rings. The van der Waals surface area contributed by atoms with Crippen LogP contribution in [0.15, 0.2) is 12.1 Å². The Morgan fingerprint density at radius 3 is 2.26 bits per heavy atom. The topological polar surface area (TPSA) is 12.9 Å². The van der Waals surface area contributed by atoms with Crippen LogP contribution in [0, 0.1) is 23.3 Å². The Kier molecular flexibility index (Phi) is 3.97. The maximum absolute atomic E-state index is 4.54. The zero-order valence-electron chi connectivity index (χ0n) is 13.9. The van der Waals surface area contributed by atoms with Crippen molar-refractivity contribution in [2.75, 3.05) is 0 Å². The van der Waals surface area contributed by atoms with Crippen LogP contribution in [-0.4, -0.2) is 4.98 Å². The number of fused-ring (bicyclic) bond motifs is 1. The molecule has 3 heteroatoms. The van der Waals surface area contributed by atoms with E-state index in [9.17, 15) is 0 Å². The molecule has 0 aliphatic heterocycles. The molecule has 23 heavy (non-hydrogen) atoms. The quantitative estimate of drug-likeness (QED) is 0.456. The Labute approximate surface area is 156 Å². The van der Waals surface area contributed by atoms with Gasteiger partial charge < -0.3 is 4.98 Å². The zero-order valence-corrected chi connectivity index (χ0v) is 16.4. The van der Waals surface area contributed by atoms with Gasteiger partial charge in [0.25, 0.3) is 0 Å². The zero-order chi connectivity index (χ0) is 14.9. The minimum atomic E-state index is 0. The second-order valence-corrected chi connectivity index (χ2v) is 9.37. The molecule has 4 bridgehead atoms. The molecule has 1 heterocycles. The van der Waals surface area contributed by atoms with Crippen LogP contribution in [0.4, 0.5) is 0 Å². The van der Waals surface area contributed by atoms with Gasteiger partial charge in [-0.3, -0.25) is 11.3 Å². The van der Waals surface area contributed by atoms with E-state index in [0.717, 1.165) is 17.8 Å². The molecule has 4 saturated carbocycles. The van der Waals surface area contributed by atoms with E-state index in [1.54, 1.807) is 16.9 Å². The minimum absolute atomic E-state index is 0. The van der Waals surface area contributed by atoms with E-state index in [1.807, 2.05) is 0 Å². The van der Waals surface area contributed by atoms with Crippen LogP contribution >= 0.6 is 11.3 Å². The second kappa shape index (κ2) is 5.63. The number of rotatable bonds is 2. The second-order valence-electron chi connectivity index (χ2n) is 8.57. The molecule has 0 N–H and O–H groups in total. The fraction of sp³-hybridized carbons (Fsp3) is 0.650. The van der Waals surface area contributed by atoms with E-state index in [0.29, 0.717) is 11.3 Å². The Balaban J connectivity index is 0.00000135. The minimum Gasteiger partial charge on any atom is -0.386 e. The third-order valence-electron chi connectivity index (χ3n) is 6.68. The van der Waals surface area contributed by atoms with E-state index in [1.165, 1.54) is 54.3 Å². The maximum Gasteiger partial charge on any atom is 0 e. The van der Waals surface area contributed by atoms with Gasteiger partial charge in [0, 0.05) is 19.5 Å². The molecular weight excluding hydrogens is 389 g/mol. The van der Waals surface area contributed by atoms with Crippen LogP contribution in [0.1, 0.15) is 69.4 Å². The molecule has 4 aliphatic rings. The smallest absolute Gasteiger partial charge is 0 e. The van der Waals surface area contributed by atoms with Gasteiger partial charge in [-0.1, -0.05) is 47.3 Å². The summed E-state index contributed by atoms with van der Waals surface area (Å²) >= 11 is 1.75. The van der Waals surface area contributed by atoms with Crippen LogP contribution in [-0.2, 0) is 24.9 Å². The molecule has 1 aromatic carbocycles. The summed E-state index contributed by atoms with van der Waals surface area (Å²) in [6.45, 7) is 4.61. The summed E-state index contributed by atoms with van der Waals surface area (Å²) in [5.74, 6) is 3.58. The summed E-state index contributed by atoms with van der Waals surface area (Å²) < 4.78 is 1.44. The van der Waals surface area contributed by atoms with Gasteiger partial charge in [-0.25, -0.2) is 0 Å². The molecule has 1 aromatic heterocycles. The van der Waals surface area contributed by atoms with Crippen LogP contribution in [0.3, 0.4) is 0 Å². The van der Waals surface area contributed by atoms with E-state index < -0.39 is 0 Å². The molecule has 6 rings (SSSR count). The normalized spacial score (nSPS) is 35.0. The first-order chi connectivity index (χ1) is 10.6. The van der Waals surface area contributed by atoms with Gasteiger partial charge in [-0.15, -0.1) is 0 Å². The van der Waals surface area contributed by atoms with Gasteiger partial charge in [0.15, 0.2) is 0 Å². The predicted octanol–water partition coefficient (Wildman–Crippen LogP) is 5.69. The largest absolute Gasteiger partial charge is 0.386 e. The van der Waals surface area contributed by atoms with Crippen molar-refractivity contribution >= 4 is 21.6 Å². The van der Waals surface area contributed by atoms with Crippen molar-refractivity contribution in [3.8, 4) is 0 Å². The van der Waals surface area contributed by atoms with Crippen molar-refractivity contribution in [2.45, 2.75) is 63.7 Å². The van der Waals surface area contributed by atoms with Crippen molar-refractivity contribution in [1.29, 1.82) is 0 Å². The molecule has 125 valence electrons. The Morgan fingerprint density at radius 2 is 1.70 bits per heavy atom. The van der Waals surface area contributed by atoms with E-state index in [2.05, 4.69) is 36.5 Å². The summed E-state index contributed by atoms with van der Waals surface area (Å²) in [5.41, 5.74) is 7.95. The first-order valence-corrected chi connectivity index (χ1v) is 9.75. The number of thiazole rings is 1. The monoisotopic (exact) mass is 413 g/mol. The van der Waals surface area contributed by atoms with Gasteiger partial charge in [-0.2, -0.15) is 0 Å². The fourth-order valence-corrected chi connectivity index (χ4v) is 6.94. The summed E-state index contributed by atoms with van der Waals surface area (Å²) in [7, 11) is 0. The molecule has 4 aliphatic carbocycles. The summed E-state index contributed by atoms with van der Waals surface area (Å²) in [6, 6.07) is 4.85. The van der Waals surface area contributed by atoms with Gasteiger partial charge in [0.1, 0.15) is 0 Å². The molecule has 1 nitrogen and oxygen atoms in total. The van der Waals surface area contributed by atoms with E-state index in [4.69, 9.17) is 0 Å². The van der Waals surface area contributed by atoms with Crippen molar-refractivity contribution < 1.29 is 19.5 Å². The molecular formula is C20H24NRhS-. The Morgan fingerprint density at radius 1 is 1.09 bits per heavy atom. The number of hydrogen-bond donors (Lipinski definition) is 0. The van der Waals surface area contributed by atoms with Crippen molar-refractivity contribution in [2.24, 2.45) is 17.8 Å². The SMILES string of the molecule is CC(C)c1cc(C23CC4CC(CC(C4)C2)C3)c2s[c-]nc2c1.[Rh]. The van der Waals surface area contributed by atoms with Gasteiger partial charge in [-0.05, 0) is 73.1 Å². The van der Waals surface area contributed by atoms with Crippen LogP contribution in [0.5, 0.6) is 0 Å².